The highest BCUT2D eigenvalue weighted by molar-refractivity contribution is 6.31. The molecule has 3 rings (SSSR count). The van der Waals surface area contributed by atoms with Crippen LogP contribution in [0.1, 0.15) is 32.9 Å². The Hall–Kier alpha value is -3.05. The van der Waals surface area contributed by atoms with Crippen molar-refractivity contribution < 1.29 is 9.53 Å². The highest BCUT2D eigenvalue weighted by Gasteiger charge is 2.11. The van der Waals surface area contributed by atoms with Gasteiger partial charge in [0.15, 0.2) is 0 Å². The molecule has 144 valence electrons. The minimum Gasteiger partial charge on any atom is -0.497 e. The van der Waals surface area contributed by atoms with Crippen LogP contribution >= 0.6 is 11.6 Å². The van der Waals surface area contributed by atoms with E-state index in [1.807, 2.05) is 45.0 Å². The lowest BCUT2D eigenvalue weighted by Crippen LogP contribution is -2.17. The van der Waals surface area contributed by atoms with Gasteiger partial charge in [-0.05, 0) is 68.8 Å². The van der Waals surface area contributed by atoms with Gasteiger partial charge < -0.3 is 9.30 Å². The molecule has 0 aliphatic heterocycles. The summed E-state index contributed by atoms with van der Waals surface area (Å²) < 4.78 is 7.20. The van der Waals surface area contributed by atoms with E-state index in [-0.39, 0.29) is 5.91 Å². The second kappa shape index (κ2) is 8.31. The van der Waals surface area contributed by atoms with E-state index in [4.69, 9.17) is 16.3 Å². The van der Waals surface area contributed by atoms with E-state index in [1.165, 1.54) is 0 Å². The number of carbonyl (C=O) groups excluding carboxylic acids is 1. The topological polar surface area (TPSA) is 55.6 Å². The fourth-order valence-electron chi connectivity index (χ4n) is 3.00. The predicted octanol–water partition coefficient (Wildman–Crippen LogP) is 4.83. The number of ether oxygens (including phenoxy) is 1. The first kappa shape index (κ1) is 19.7. The summed E-state index contributed by atoms with van der Waals surface area (Å²) in [4.78, 5) is 12.2. The quantitative estimate of drug-likeness (QED) is 0.497. The molecule has 0 spiro atoms. The zero-order valence-electron chi connectivity index (χ0n) is 16.3. The molecule has 0 aliphatic rings. The fraction of sp³-hybridized carbons (Fsp3) is 0.182. The summed E-state index contributed by atoms with van der Waals surface area (Å²) in [6.45, 7) is 6.01. The van der Waals surface area contributed by atoms with Gasteiger partial charge in [-0.1, -0.05) is 17.7 Å². The van der Waals surface area contributed by atoms with Gasteiger partial charge in [-0.15, -0.1) is 0 Å². The highest BCUT2D eigenvalue weighted by Crippen LogP contribution is 2.24. The third kappa shape index (κ3) is 4.10. The van der Waals surface area contributed by atoms with Crippen LogP contribution in [0.3, 0.4) is 0 Å². The molecule has 1 amide bonds. The van der Waals surface area contributed by atoms with Crippen molar-refractivity contribution in [1.82, 2.24) is 9.99 Å². The number of hydrogen-bond acceptors (Lipinski definition) is 3. The van der Waals surface area contributed by atoms with Gasteiger partial charge in [-0.2, -0.15) is 5.10 Å². The van der Waals surface area contributed by atoms with Gasteiger partial charge in [-0.3, -0.25) is 4.79 Å². The van der Waals surface area contributed by atoms with Gasteiger partial charge >= 0.3 is 0 Å². The van der Waals surface area contributed by atoms with Crippen LogP contribution in [0, 0.1) is 20.8 Å². The number of hydrazone groups is 1. The molecule has 0 saturated heterocycles. The molecule has 2 aromatic carbocycles. The number of benzene rings is 2. The monoisotopic (exact) mass is 395 g/mol. The Morgan fingerprint density at radius 1 is 1.11 bits per heavy atom. The zero-order valence-corrected chi connectivity index (χ0v) is 17.0. The van der Waals surface area contributed by atoms with Gasteiger partial charge in [0.1, 0.15) is 5.75 Å². The molecule has 0 unspecified atom stereocenters. The smallest absolute Gasteiger partial charge is 0.271 e. The lowest BCUT2D eigenvalue weighted by Gasteiger charge is -2.11. The van der Waals surface area contributed by atoms with E-state index in [2.05, 4.69) is 15.1 Å². The van der Waals surface area contributed by atoms with Crippen LogP contribution in [-0.4, -0.2) is 23.8 Å². The number of methoxy groups -OCH3 is 1. The van der Waals surface area contributed by atoms with Crippen LogP contribution in [0.4, 0.5) is 0 Å². The molecular formula is C22H22ClN3O2. The summed E-state index contributed by atoms with van der Waals surface area (Å²) in [5.41, 5.74) is 8.09. The Balaban J connectivity index is 1.77. The molecule has 0 saturated carbocycles. The largest absolute Gasteiger partial charge is 0.497 e. The molecule has 6 heteroatoms. The highest BCUT2D eigenvalue weighted by atomic mass is 35.5. The van der Waals surface area contributed by atoms with Crippen LogP contribution in [0.5, 0.6) is 5.75 Å². The van der Waals surface area contributed by atoms with Crippen molar-refractivity contribution in [2.75, 3.05) is 7.11 Å². The van der Waals surface area contributed by atoms with Crippen molar-refractivity contribution in [3.63, 3.8) is 0 Å². The number of hydrogen-bond donors (Lipinski definition) is 1. The van der Waals surface area contributed by atoms with Crippen LogP contribution in [-0.2, 0) is 0 Å². The summed E-state index contributed by atoms with van der Waals surface area (Å²) >= 11 is 6.28. The van der Waals surface area contributed by atoms with Crippen molar-refractivity contribution >= 4 is 23.7 Å². The summed E-state index contributed by atoms with van der Waals surface area (Å²) in [7, 11) is 1.58. The first-order valence-corrected chi connectivity index (χ1v) is 9.21. The Bertz CT molecular complexity index is 1040. The van der Waals surface area contributed by atoms with Crippen molar-refractivity contribution in [2.45, 2.75) is 20.8 Å². The molecule has 1 heterocycles. The summed E-state index contributed by atoms with van der Waals surface area (Å²) in [6, 6.07) is 14.9. The number of nitrogens with zero attached hydrogens (tertiary/aromatic N) is 2. The van der Waals surface area contributed by atoms with Gasteiger partial charge in [0.25, 0.3) is 5.91 Å². The molecule has 0 atom stereocenters. The molecule has 5 nitrogen and oxygen atoms in total. The Labute approximate surface area is 169 Å². The third-order valence-corrected chi connectivity index (χ3v) is 5.01. The third-order valence-electron chi connectivity index (χ3n) is 4.61. The Morgan fingerprint density at radius 2 is 1.82 bits per heavy atom. The van der Waals surface area contributed by atoms with Crippen LogP contribution in [0.2, 0.25) is 5.02 Å². The number of aryl methyl sites for hydroxylation is 2. The first-order valence-electron chi connectivity index (χ1n) is 8.83. The van der Waals surface area contributed by atoms with Crippen molar-refractivity contribution in [2.24, 2.45) is 5.10 Å². The van der Waals surface area contributed by atoms with E-state index in [0.717, 1.165) is 33.2 Å². The van der Waals surface area contributed by atoms with Crippen molar-refractivity contribution in [1.29, 1.82) is 0 Å². The average Bonchev–Trinajstić information content (AvgIpc) is 2.97. The Kier molecular flexibility index (Phi) is 5.85. The van der Waals surface area contributed by atoms with Crippen LogP contribution in [0.15, 0.2) is 53.6 Å². The summed E-state index contributed by atoms with van der Waals surface area (Å²) in [6.07, 6.45) is 1.65. The lowest BCUT2D eigenvalue weighted by molar-refractivity contribution is 0.0955. The second-order valence-electron chi connectivity index (χ2n) is 6.52. The molecule has 0 aliphatic carbocycles. The van der Waals surface area contributed by atoms with E-state index in [0.29, 0.717) is 11.3 Å². The molecule has 0 fully saturated rings. The summed E-state index contributed by atoms with van der Waals surface area (Å²) in [5.74, 6) is 0.418. The van der Waals surface area contributed by atoms with Gasteiger partial charge in [0, 0.05) is 33.2 Å². The predicted molar refractivity (Wildman–Crippen MR) is 113 cm³/mol. The molecular weight excluding hydrogens is 374 g/mol. The number of amides is 1. The minimum absolute atomic E-state index is 0.280. The van der Waals surface area contributed by atoms with Gasteiger partial charge in [0.05, 0.1) is 13.3 Å². The molecule has 1 N–H and O–H groups in total. The lowest BCUT2D eigenvalue weighted by atomic mass is 10.2. The number of halogens is 1. The molecule has 0 bridgehead atoms. The second-order valence-corrected chi connectivity index (χ2v) is 6.93. The Morgan fingerprint density at radius 3 is 2.46 bits per heavy atom. The molecule has 28 heavy (non-hydrogen) atoms. The maximum atomic E-state index is 12.2. The maximum absolute atomic E-state index is 12.2. The number of carbonyl (C=O) groups is 1. The standard InChI is InChI=1S/C22H22ClN3O2/c1-14-5-8-19(12-21(14)23)26-15(2)11-18(16(26)3)13-24-25-22(27)17-6-9-20(28-4)10-7-17/h5-13H,1-4H3,(H,25,27)/b24-13-. The van der Waals surface area contributed by atoms with Crippen LogP contribution in [0.25, 0.3) is 5.69 Å². The fourth-order valence-corrected chi connectivity index (χ4v) is 3.18. The minimum atomic E-state index is -0.280. The van der Waals surface area contributed by atoms with E-state index < -0.39 is 0 Å². The van der Waals surface area contributed by atoms with E-state index >= 15 is 0 Å². The average molecular weight is 396 g/mol. The van der Waals surface area contributed by atoms with Crippen molar-refractivity contribution in [3.05, 3.63) is 81.6 Å². The number of rotatable bonds is 5. The van der Waals surface area contributed by atoms with Gasteiger partial charge in [0.2, 0.25) is 0 Å². The van der Waals surface area contributed by atoms with E-state index in [9.17, 15) is 4.79 Å². The van der Waals surface area contributed by atoms with Crippen molar-refractivity contribution in [3.8, 4) is 11.4 Å². The first-order chi connectivity index (χ1) is 13.4. The molecule has 1 aromatic heterocycles. The van der Waals surface area contributed by atoms with E-state index in [1.54, 1.807) is 37.6 Å². The van der Waals surface area contributed by atoms with Gasteiger partial charge in [-0.25, -0.2) is 5.43 Å². The maximum Gasteiger partial charge on any atom is 0.271 e. The number of aromatic nitrogens is 1. The number of nitrogens with one attached hydrogen (secondary N) is 1. The summed E-state index contributed by atoms with van der Waals surface area (Å²) in [5, 5.41) is 4.83. The zero-order chi connectivity index (χ0) is 20.3. The molecule has 3 aromatic rings. The van der Waals surface area contributed by atoms with Crippen LogP contribution < -0.4 is 10.2 Å². The molecule has 0 radical (unpaired) electrons. The SMILES string of the molecule is COc1ccc(C(=O)N/N=C\c2cc(C)n(-c3ccc(C)c(Cl)c3)c2C)cc1. The normalized spacial score (nSPS) is 11.0.